The number of nitrogens with one attached hydrogen (secondary N) is 1. The van der Waals surface area contributed by atoms with Gasteiger partial charge in [0.05, 0.1) is 5.41 Å². The molecule has 1 unspecified atom stereocenters. The molecule has 1 fully saturated rings. The molecule has 4 heteroatoms. The van der Waals surface area contributed by atoms with Crippen molar-refractivity contribution in [1.29, 1.82) is 0 Å². The van der Waals surface area contributed by atoms with Crippen LogP contribution in [-0.2, 0) is 10.2 Å². The molecule has 0 aliphatic heterocycles. The molecule has 0 heterocycles. The van der Waals surface area contributed by atoms with E-state index in [-0.39, 0.29) is 24.4 Å². The van der Waals surface area contributed by atoms with Crippen molar-refractivity contribution in [2.24, 2.45) is 0 Å². The van der Waals surface area contributed by atoms with Crippen molar-refractivity contribution in [3.63, 3.8) is 0 Å². The van der Waals surface area contributed by atoms with Gasteiger partial charge in [0.2, 0.25) is 5.91 Å². The quantitative estimate of drug-likeness (QED) is 0.828. The first-order chi connectivity index (χ1) is 9.14. The zero-order valence-corrected chi connectivity index (χ0v) is 11.2. The van der Waals surface area contributed by atoms with Gasteiger partial charge in [-0.2, -0.15) is 0 Å². The molecule has 1 aromatic carbocycles. The fraction of sp³-hybridized carbons (Fsp3) is 0.533. The van der Waals surface area contributed by atoms with Crippen LogP contribution in [-0.4, -0.2) is 23.7 Å². The zero-order valence-electron chi connectivity index (χ0n) is 11.2. The molecule has 1 aliphatic rings. The monoisotopic (exact) mass is 265 g/mol. The van der Waals surface area contributed by atoms with Crippen molar-refractivity contribution in [2.45, 2.75) is 44.1 Å². The molecule has 19 heavy (non-hydrogen) atoms. The summed E-state index contributed by atoms with van der Waals surface area (Å²) in [6, 6.07) is 6.44. The first kappa shape index (κ1) is 14.0. The normalized spacial score (nSPS) is 17.8. The number of aliphatic hydroxyl groups excluding tert-OH is 1. The molecular formula is C15H20FNO2. The maximum atomic E-state index is 13.8. The van der Waals surface area contributed by atoms with E-state index in [0.717, 1.165) is 6.42 Å². The molecule has 0 bridgehead atoms. The molecule has 1 saturated carbocycles. The molecule has 2 N–H and O–H groups in total. The van der Waals surface area contributed by atoms with Crippen LogP contribution >= 0.6 is 0 Å². The maximum Gasteiger partial charge on any atom is 0.230 e. The first-order valence-corrected chi connectivity index (χ1v) is 6.81. The lowest BCUT2D eigenvalue weighted by molar-refractivity contribution is -0.124. The number of rotatable bonds is 6. The number of benzene rings is 1. The van der Waals surface area contributed by atoms with Crippen molar-refractivity contribution in [3.05, 3.63) is 35.6 Å². The molecule has 104 valence electrons. The largest absolute Gasteiger partial charge is 0.396 e. The second-order valence-electron chi connectivity index (χ2n) is 5.15. The zero-order chi connectivity index (χ0) is 13.9. The summed E-state index contributed by atoms with van der Waals surface area (Å²) in [4.78, 5) is 12.4. The molecule has 0 radical (unpaired) electrons. The van der Waals surface area contributed by atoms with Gasteiger partial charge in [0.15, 0.2) is 0 Å². The van der Waals surface area contributed by atoms with E-state index < -0.39 is 5.41 Å². The van der Waals surface area contributed by atoms with E-state index in [1.807, 2.05) is 6.92 Å². The van der Waals surface area contributed by atoms with Gasteiger partial charge in [-0.25, -0.2) is 4.39 Å². The third-order valence-corrected chi connectivity index (χ3v) is 3.88. The minimum absolute atomic E-state index is 0.0400. The number of hydrogen-bond donors (Lipinski definition) is 2. The van der Waals surface area contributed by atoms with E-state index in [1.165, 1.54) is 6.07 Å². The minimum Gasteiger partial charge on any atom is -0.396 e. The predicted octanol–water partition coefficient (Wildman–Crippen LogP) is 2.13. The average molecular weight is 265 g/mol. The highest BCUT2D eigenvalue weighted by Gasteiger charge is 2.52. The number of halogens is 1. The van der Waals surface area contributed by atoms with Crippen LogP contribution in [0.25, 0.3) is 0 Å². The van der Waals surface area contributed by atoms with Gasteiger partial charge in [-0.15, -0.1) is 0 Å². The van der Waals surface area contributed by atoms with Gasteiger partial charge in [-0.05, 0) is 31.7 Å². The third kappa shape index (κ3) is 2.78. The van der Waals surface area contributed by atoms with Gasteiger partial charge in [0.25, 0.3) is 0 Å². The smallest absolute Gasteiger partial charge is 0.230 e. The lowest BCUT2D eigenvalue weighted by Crippen LogP contribution is -2.42. The molecule has 1 amide bonds. The Balaban J connectivity index is 2.13. The van der Waals surface area contributed by atoms with Crippen LogP contribution < -0.4 is 5.32 Å². The predicted molar refractivity (Wildman–Crippen MR) is 71.2 cm³/mol. The highest BCUT2D eigenvalue weighted by Crippen LogP contribution is 2.49. The summed E-state index contributed by atoms with van der Waals surface area (Å²) in [5, 5.41) is 11.9. The minimum atomic E-state index is -0.686. The second kappa shape index (κ2) is 5.70. The summed E-state index contributed by atoms with van der Waals surface area (Å²) in [7, 11) is 0. The van der Waals surface area contributed by atoms with E-state index in [9.17, 15) is 9.18 Å². The summed E-state index contributed by atoms with van der Waals surface area (Å²) in [6.07, 6.45) is 2.68. The molecule has 0 aromatic heterocycles. The first-order valence-electron chi connectivity index (χ1n) is 6.81. The summed E-state index contributed by atoms with van der Waals surface area (Å²) in [6.45, 7) is 2.01. The van der Waals surface area contributed by atoms with Crippen LogP contribution in [0.4, 0.5) is 4.39 Å². The second-order valence-corrected chi connectivity index (χ2v) is 5.15. The Morgan fingerprint density at radius 3 is 2.68 bits per heavy atom. The van der Waals surface area contributed by atoms with Crippen LogP contribution in [0, 0.1) is 5.82 Å². The standard InChI is InChI=1S/C15H20FNO2/c1-2-11(7-10-18)17-14(19)15(8-9-15)12-5-3-4-6-13(12)16/h3-6,11,18H,2,7-10H2,1H3,(H,17,19). The van der Waals surface area contributed by atoms with Gasteiger partial charge in [-0.1, -0.05) is 25.1 Å². The van der Waals surface area contributed by atoms with E-state index in [0.29, 0.717) is 24.8 Å². The van der Waals surface area contributed by atoms with Crippen LogP contribution in [0.5, 0.6) is 0 Å². The van der Waals surface area contributed by atoms with Crippen molar-refractivity contribution < 1.29 is 14.3 Å². The number of hydrogen-bond acceptors (Lipinski definition) is 2. The lowest BCUT2D eigenvalue weighted by atomic mass is 9.93. The number of carbonyl (C=O) groups is 1. The van der Waals surface area contributed by atoms with Gasteiger partial charge in [0.1, 0.15) is 5.82 Å². The van der Waals surface area contributed by atoms with Gasteiger partial charge in [-0.3, -0.25) is 4.79 Å². The SMILES string of the molecule is CCC(CCO)NC(=O)C1(c2ccccc2F)CC1. The number of carbonyl (C=O) groups excluding carboxylic acids is 1. The van der Waals surface area contributed by atoms with Crippen LogP contribution in [0.2, 0.25) is 0 Å². The Bertz CT molecular complexity index is 457. The molecule has 1 aliphatic carbocycles. The van der Waals surface area contributed by atoms with Gasteiger partial charge in [0, 0.05) is 18.2 Å². The Labute approximate surface area is 112 Å². The van der Waals surface area contributed by atoms with E-state index in [1.54, 1.807) is 18.2 Å². The third-order valence-electron chi connectivity index (χ3n) is 3.88. The fourth-order valence-corrected chi connectivity index (χ4v) is 2.45. The fourth-order valence-electron chi connectivity index (χ4n) is 2.45. The Morgan fingerprint density at radius 1 is 1.47 bits per heavy atom. The molecule has 0 saturated heterocycles. The summed E-state index contributed by atoms with van der Waals surface area (Å²) in [5.74, 6) is -0.428. The number of amides is 1. The topological polar surface area (TPSA) is 49.3 Å². The highest BCUT2D eigenvalue weighted by molar-refractivity contribution is 5.91. The average Bonchev–Trinajstić information content (AvgIpc) is 3.20. The van der Waals surface area contributed by atoms with Gasteiger partial charge >= 0.3 is 0 Å². The van der Waals surface area contributed by atoms with E-state index in [4.69, 9.17) is 5.11 Å². The van der Waals surface area contributed by atoms with Crippen LogP contribution in [0.15, 0.2) is 24.3 Å². The highest BCUT2D eigenvalue weighted by atomic mass is 19.1. The van der Waals surface area contributed by atoms with E-state index >= 15 is 0 Å². The Morgan fingerprint density at radius 2 is 2.16 bits per heavy atom. The van der Waals surface area contributed by atoms with Crippen molar-refractivity contribution in [2.75, 3.05) is 6.61 Å². The molecule has 1 atom stereocenters. The molecule has 2 rings (SSSR count). The van der Waals surface area contributed by atoms with Crippen LogP contribution in [0.3, 0.4) is 0 Å². The molecule has 1 aromatic rings. The lowest BCUT2D eigenvalue weighted by Gasteiger charge is -2.21. The Hall–Kier alpha value is -1.42. The maximum absolute atomic E-state index is 13.8. The summed E-state index contributed by atoms with van der Waals surface area (Å²) in [5.41, 5.74) is -0.194. The van der Waals surface area contributed by atoms with Crippen molar-refractivity contribution in [1.82, 2.24) is 5.32 Å². The number of aliphatic hydroxyl groups is 1. The molecule has 0 spiro atoms. The van der Waals surface area contributed by atoms with Crippen molar-refractivity contribution >= 4 is 5.91 Å². The Kier molecular flexibility index (Phi) is 4.20. The molecular weight excluding hydrogens is 245 g/mol. The van der Waals surface area contributed by atoms with Crippen LogP contribution in [0.1, 0.15) is 38.2 Å². The van der Waals surface area contributed by atoms with Gasteiger partial charge < -0.3 is 10.4 Å². The summed E-state index contributed by atoms with van der Waals surface area (Å²) < 4.78 is 13.8. The molecule has 3 nitrogen and oxygen atoms in total. The van der Waals surface area contributed by atoms with Crippen molar-refractivity contribution in [3.8, 4) is 0 Å². The van der Waals surface area contributed by atoms with E-state index in [2.05, 4.69) is 5.32 Å². The summed E-state index contributed by atoms with van der Waals surface area (Å²) >= 11 is 0.